The summed E-state index contributed by atoms with van der Waals surface area (Å²) in [6.07, 6.45) is 0. The Morgan fingerprint density at radius 3 is 2.75 bits per heavy atom. The van der Waals surface area contributed by atoms with Gasteiger partial charge in [-0.1, -0.05) is 0 Å². The highest BCUT2D eigenvalue weighted by molar-refractivity contribution is 5.90. The van der Waals surface area contributed by atoms with E-state index < -0.39 is 5.97 Å². The summed E-state index contributed by atoms with van der Waals surface area (Å²) in [5.41, 5.74) is 6.95. The third kappa shape index (κ3) is 1.47. The van der Waals surface area contributed by atoms with Crippen LogP contribution in [0.2, 0.25) is 0 Å². The van der Waals surface area contributed by atoms with Crippen LogP contribution in [0.15, 0.2) is 18.2 Å². The van der Waals surface area contributed by atoms with Crippen LogP contribution < -0.4 is 11.1 Å². The molecular formula is C8H10N2O2. The van der Waals surface area contributed by atoms with Gasteiger partial charge in [-0.15, -0.1) is 0 Å². The van der Waals surface area contributed by atoms with Gasteiger partial charge in [-0.25, -0.2) is 4.79 Å². The van der Waals surface area contributed by atoms with Gasteiger partial charge in [0, 0.05) is 7.05 Å². The largest absolute Gasteiger partial charge is 0.478 e. The third-order valence-electron chi connectivity index (χ3n) is 1.57. The Bertz CT molecular complexity index is 310. The molecule has 4 heteroatoms. The normalized spacial score (nSPS) is 9.42. The van der Waals surface area contributed by atoms with Crippen LogP contribution in [0.4, 0.5) is 11.4 Å². The molecule has 1 rings (SSSR count). The molecule has 64 valence electrons. The van der Waals surface area contributed by atoms with Crippen molar-refractivity contribution in [2.24, 2.45) is 0 Å². The molecular weight excluding hydrogens is 156 g/mol. The van der Waals surface area contributed by atoms with Crippen molar-refractivity contribution in [2.45, 2.75) is 0 Å². The molecule has 0 atom stereocenters. The predicted molar refractivity (Wildman–Crippen MR) is 47.4 cm³/mol. The number of carboxylic acid groups (broad SMARTS) is 1. The summed E-state index contributed by atoms with van der Waals surface area (Å²) >= 11 is 0. The molecule has 0 fully saturated rings. The maximum Gasteiger partial charge on any atom is 0.335 e. The number of nitrogens with two attached hydrogens (primary N) is 1. The SMILES string of the molecule is CNc1cc(C(=O)O)ccc1N. The molecule has 12 heavy (non-hydrogen) atoms. The van der Waals surface area contributed by atoms with Crippen molar-refractivity contribution in [3.8, 4) is 0 Å². The second kappa shape index (κ2) is 3.13. The second-order valence-electron chi connectivity index (χ2n) is 2.36. The van der Waals surface area contributed by atoms with Crippen LogP contribution in [0, 0.1) is 0 Å². The van der Waals surface area contributed by atoms with Crippen LogP contribution in [0.3, 0.4) is 0 Å². The summed E-state index contributed by atoms with van der Waals surface area (Å²) in [5, 5.41) is 11.4. The molecule has 1 aromatic carbocycles. The average Bonchev–Trinajstić information content (AvgIpc) is 2.05. The number of nitrogens with one attached hydrogen (secondary N) is 1. The predicted octanol–water partition coefficient (Wildman–Crippen LogP) is 1.01. The summed E-state index contributed by atoms with van der Waals surface area (Å²) in [6, 6.07) is 4.53. The molecule has 0 aliphatic heterocycles. The van der Waals surface area contributed by atoms with E-state index in [4.69, 9.17) is 10.8 Å². The maximum atomic E-state index is 10.5. The molecule has 0 saturated carbocycles. The number of aromatic carboxylic acids is 1. The van der Waals surface area contributed by atoms with Gasteiger partial charge in [-0.3, -0.25) is 0 Å². The van der Waals surface area contributed by atoms with E-state index in [1.807, 2.05) is 0 Å². The summed E-state index contributed by atoms with van der Waals surface area (Å²) < 4.78 is 0. The first-order valence-electron chi connectivity index (χ1n) is 3.45. The lowest BCUT2D eigenvalue weighted by atomic mass is 10.2. The highest BCUT2D eigenvalue weighted by Crippen LogP contribution is 2.18. The van der Waals surface area contributed by atoms with Gasteiger partial charge in [0.15, 0.2) is 0 Å². The number of carboxylic acids is 1. The van der Waals surface area contributed by atoms with Crippen molar-refractivity contribution in [1.29, 1.82) is 0 Å². The zero-order valence-electron chi connectivity index (χ0n) is 6.66. The van der Waals surface area contributed by atoms with Crippen molar-refractivity contribution in [3.05, 3.63) is 23.8 Å². The summed E-state index contributed by atoms with van der Waals surface area (Å²) in [4.78, 5) is 10.5. The molecule has 0 heterocycles. The van der Waals surface area contributed by atoms with Crippen molar-refractivity contribution in [2.75, 3.05) is 18.1 Å². The van der Waals surface area contributed by atoms with Crippen molar-refractivity contribution >= 4 is 17.3 Å². The molecule has 0 aromatic heterocycles. The monoisotopic (exact) mass is 166 g/mol. The zero-order valence-corrected chi connectivity index (χ0v) is 6.66. The number of rotatable bonds is 2. The average molecular weight is 166 g/mol. The topological polar surface area (TPSA) is 75.3 Å². The molecule has 0 saturated heterocycles. The minimum Gasteiger partial charge on any atom is -0.478 e. The lowest BCUT2D eigenvalue weighted by molar-refractivity contribution is 0.0697. The summed E-state index contributed by atoms with van der Waals surface area (Å²) in [7, 11) is 1.69. The third-order valence-corrected chi connectivity index (χ3v) is 1.57. The standard InChI is InChI=1S/C8H10N2O2/c1-10-7-4-5(8(11)12)2-3-6(7)9/h2-4,10H,9H2,1H3,(H,11,12). The summed E-state index contributed by atoms with van der Waals surface area (Å²) in [6.45, 7) is 0. The molecule has 1 aromatic rings. The van der Waals surface area contributed by atoms with Gasteiger partial charge < -0.3 is 16.2 Å². The van der Waals surface area contributed by atoms with Crippen LogP contribution >= 0.6 is 0 Å². The molecule has 4 nitrogen and oxygen atoms in total. The minimum absolute atomic E-state index is 0.230. The number of anilines is 2. The van der Waals surface area contributed by atoms with Gasteiger partial charge in [-0.2, -0.15) is 0 Å². The number of hydrogen-bond acceptors (Lipinski definition) is 3. The molecule has 4 N–H and O–H groups in total. The molecule has 0 bridgehead atoms. The zero-order chi connectivity index (χ0) is 9.14. The van der Waals surface area contributed by atoms with Crippen LogP contribution in [0.1, 0.15) is 10.4 Å². The van der Waals surface area contributed by atoms with Crippen LogP contribution in [-0.4, -0.2) is 18.1 Å². The van der Waals surface area contributed by atoms with Crippen LogP contribution in [0.25, 0.3) is 0 Å². The number of carbonyl (C=O) groups is 1. The molecule has 0 amide bonds. The van der Waals surface area contributed by atoms with E-state index >= 15 is 0 Å². The fraction of sp³-hybridized carbons (Fsp3) is 0.125. The van der Waals surface area contributed by atoms with Gasteiger partial charge in [0.25, 0.3) is 0 Å². The van der Waals surface area contributed by atoms with Crippen LogP contribution in [0.5, 0.6) is 0 Å². The van der Waals surface area contributed by atoms with Gasteiger partial charge in [0.2, 0.25) is 0 Å². The van der Waals surface area contributed by atoms with Crippen molar-refractivity contribution in [1.82, 2.24) is 0 Å². The molecule has 0 aliphatic rings. The number of hydrogen-bond donors (Lipinski definition) is 3. The summed E-state index contributed by atoms with van der Waals surface area (Å²) in [5.74, 6) is -0.952. The first kappa shape index (κ1) is 8.39. The van der Waals surface area contributed by atoms with E-state index in [2.05, 4.69) is 5.32 Å². The second-order valence-corrected chi connectivity index (χ2v) is 2.36. The van der Waals surface area contributed by atoms with Crippen LogP contribution in [-0.2, 0) is 0 Å². The Labute approximate surface area is 70.0 Å². The highest BCUT2D eigenvalue weighted by Gasteiger charge is 2.04. The Morgan fingerprint density at radius 1 is 1.58 bits per heavy atom. The first-order chi connectivity index (χ1) is 5.65. The molecule has 0 spiro atoms. The van der Waals surface area contributed by atoms with E-state index in [0.717, 1.165) is 0 Å². The molecule has 0 unspecified atom stereocenters. The molecule has 0 aliphatic carbocycles. The van der Waals surface area contributed by atoms with Gasteiger partial charge in [0.1, 0.15) is 0 Å². The Balaban J connectivity index is 3.13. The quantitative estimate of drug-likeness (QED) is 0.573. The van der Waals surface area contributed by atoms with Crippen molar-refractivity contribution < 1.29 is 9.90 Å². The smallest absolute Gasteiger partial charge is 0.335 e. The van der Waals surface area contributed by atoms with Crippen molar-refractivity contribution in [3.63, 3.8) is 0 Å². The first-order valence-corrected chi connectivity index (χ1v) is 3.45. The Hall–Kier alpha value is -1.71. The van der Waals surface area contributed by atoms with E-state index in [1.54, 1.807) is 13.1 Å². The number of nitrogen functional groups attached to an aromatic ring is 1. The molecule has 0 radical (unpaired) electrons. The fourth-order valence-corrected chi connectivity index (χ4v) is 0.906. The Kier molecular flexibility index (Phi) is 2.19. The van der Waals surface area contributed by atoms with E-state index in [-0.39, 0.29) is 5.56 Å². The lowest BCUT2D eigenvalue weighted by Gasteiger charge is -2.04. The Morgan fingerprint density at radius 2 is 2.25 bits per heavy atom. The van der Waals surface area contributed by atoms with E-state index in [1.165, 1.54) is 12.1 Å². The van der Waals surface area contributed by atoms with Gasteiger partial charge in [-0.05, 0) is 18.2 Å². The highest BCUT2D eigenvalue weighted by atomic mass is 16.4. The van der Waals surface area contributed by atoms with Gasteiger partial charge >= 0.3 is 5.97 Å². The minimum atomic E-state index is -0.952. The fourth-order valence-electron chi connectivity index (χ4n) is 0.906. The van der Waals surface area contributed by atoms with E-state index in [9.17, 15) is 4.79 Å². The number of benzene rings is 1. The van der Waals surface area contributed by atoms with Gasteiger partial charge in [0.05, 0.1) is 16.9 Å². The van der Waals surface area contributed by atoms with E-state index in [0.29, 0.717) is 11.4 Å². The maximum absolute atomic E-state index is 10.5. The lowest BCUT2D eigenvalue weighted by Crippen LogP contribution is -2.00.